The zero-order valence-corrected chi connectivity index (χ0v) is 14.3. The molecule has 2 aromatic carbocycles. The summed E-state index contributed by atoms with van der Waals surface area (Å²) < 4.78 is 40.3. The third-order valence-electron chi connectivity index (χ3n) is 3.70. The minimum Gasteiger partial charge on any atom is -0.273 e. The molecule has 0 aromatic heterocycles. The average molecular weight is 383 g/mol. The molecule has 6 nitrogen and oxygen atoms in total. The quantitative estimate of drug-likeness (QED) is 0.802. The number of rotatable bonds is 5. The average Bonchev–Trinajstić information content (AvgIpc) is 2.81. The van der Waals surface area contributed by atoms with Crippen molar-refractivity contribution < 1.29 is 22.4 Å². The summed E-state index contributed by atoms with van der Waals surface area (Å²) in [4.78, 5) is 25.2. The van der Waals surface area contributed by atoms with Gasteiger partial charge in [-0.25, -0.2) is 17.5 Å². The second-order valence-corrected chi connectivity index (χ2v) is 7.48. The van der Waals surface area contributed by atoms with Gasteiger partial charge >= 0.3 is 0 Å². The second-order valence-electron chi connectivity index (χ2n) is 5.28. The van der Waals surface area contributed by atoms with E-state index in [-0.39, 0.29) is 29.1 Å². The molecular weight excluding hydrogens is 371 g/mol. The number of nitrogens with zero attached hydrogens (tertiary/aromatic N) is 1. The maximum absolute atomic E-state index is 13.7. The summed E-state index contributed by atoms with van der Waals surface area (Å²) in [5, 5.41) is 0.395. The molecule has 1 aliphatic heterocycles. The second kappa shape index (κ2) is 6.55. The van der Waals surface area contributed by atoms with Crippen LogP contribution in [0.5, 0.6) is 0 Å². The van der Waals surface area contributed by atoms with Crippen molar-refractivity contribution in [1.29, 1.82) is 0 Å². The Morgan fingerprint density at radius 2 is 1.72 bits per heavy atom. The Bertz CT molecular complexity index is 961. The van der Waals surface area contributed by atoms with Crippen LogP contribution >= 0.6 is 11.6 Å². The summed E-state index contributed by atoms with van der Waals surface area (Å²) in [6, 6.07) is 9.33. The monoisotopic (exact) mass is 382 g/mol. The zero-order chi connectivity index (χ0) is 18.2. The van der Waals surface area contributed by atoms with Gasteiger partial charge in [0.25, 0.3) is 11.8 Å². The summed E-state index contributed by atoms with van der Waals surface area (Å²) >= 11 is 5.71. The first kappa shape index (κ1) is 17.5. The van der Waals surface area contributed by atoms with E-state index in [1.54, 1.807) is 0 Å². The predicted molar refractivity (Wildman–Crippen MR) is 88.4 cm³/mol. The van der Waals surface area contributed by atoms with Crippen LogP contribution in [0.3, 0.4) is 0 Å². The third kappa shape index (κ3) is 3.28. The topological polar surface area (TPSA) is 83.6 Å². The highest BCUT2D eigenvalue weighted by Crippen LogP contribution is 2.24. The highest BCUT2D eigenvalue weighted by atomic mass is 35.5. The number of fused-ring (bicyclic) bond motifs is 1. The number of sulfonamides is 1. The number of carbonyl (C=O) groups is 2. The maximum Gasteiger partial charge on any atom is 0.264 e. The molecule has 1 N–H and O–H groups in total. The Morgan fingerprint density at radius 1 is 1.04 bits per heavy atom. The predicted octanol–water partition coefficient (Wildman–Crippen LogP) is 2.05. The highest BCUT2D eigenvalue weighted by molar-refractivity contribution is 7.89. The Hall–Kier alpha value is -2.29. The lowest BCUT2D eigenvalue weighted by molar-refractivity contribution is 0.0656. The van der Waals surface area contributed by atoms with Crippen molar-refractivity contribution in [2.75, 3.05) is 13.1 Å². The van der Waals surface area contributed by atoms with Crippen LogP contribution in [0.25, 0.3) is 0 Å². The molecule has 1 heterocycles. The SMILES string of the molecule is O=C1c2cccc(F)c2C(=O)N1CCNS(=O)(=O)c1ccc(Cl)cc1. The molecule has 2 amide bonds. The van der Waals surface area contributed by atoms with Crippen LogP contribution in [0.15, 0.2) is 47.4 Å². The van der Waals surface area contributed by atoms with Gasteiger partial charge in [-0.2, -0.15) is 0 Å². The van der Waals surface area contributed by atoms with Gasteiger partial charge in [-0.05, 0) is 36.4 Å². The lowest BCUT2D eigenvalue weighted by Gasteiger charge is -2.14. The van der Waals surface area contributed by atoms with Crippen LogP contribution in [0.4, 0.5) is 4.39 Å². The van der Waals surface area contributed by atoms with Crippen molar-refractivity contribution in [3.05, 3.63) is 64.4 Å². The summed E-state index contributed by atoms with van der Waals surface area (Å²) in [5.74, 6) is -2.20. The van der Waals surface area contributed by atoms with Gasteiger partial charge in [-0.1, -0.05) is 17.7 Å². The van der Waals surface area contributed by atoms with Gasteiger partial charge in [0.1, 0.15) is 5.82 Å². The number of nitrogens with one attached hydrogen (secondary N) is 1. The van der Waals surface area contributed by atoms with Crippen molar-refractivity contribution in [2.45, 2.75) is 4.90 Å². The Labute approximate surface area is 148 Å². The molecule has 2 aromatic rings. The molecular formula is C16H12ClFN2O4S. The first-order valence-corrected chi connectivity index (χ1v) is 9.07. The number of amides is 2. The summed E-state index contributed by atoms with van der Waals surface area (Å²) in [6.07, 6.45) is 0. The van der Waals surface area contributed by atoms with E-state index in [4.69, 9.17) is 11.6 Å². The first-order chi connectivity index (χ1) is 11.8. The molecule has 0 bridgehead atoms. The number of halogens is 2. The fourth-order valence-electron chi connectivity index (χ4n) is 2.48. The van der Waals surface area contributed by atoms with Crippen LogP contribution in [0.1, 0.15) is 20.7 Å². The number of imide groups is 1. The van der Waals surface area contributed by atoms with Gasteiger partial charge in [-0.3, -0.25) is 14.5 Å². The van der Waals surface area contributed by atoms with Crippen LogP contribution in [-0.4, -0.2) is 38.2 Å². The molecule has 0 saturated carbocycles. The van der Waals surface area contributed by atoms with Gasteiger partial charge in [0.2, 0.25) is 10.0 Å². The van der Waals surface area contributed by atoms with Gasteiger partial charge in [0.05, 0.1) is 16.0 Å². The van der Waals surface area contributed by atoms with Crippen molar-refractivity contribution in [2.24, 2.45) is 0 Å². The molecule has 0 unspecified atom stereocenters. The number of hydrogen-bond donors (Lipinski definition) is 1. The van der Waals surface area contributed by atoms with Gasteiger partial charge in [0.15, 0.2) is 0 Å². The first-order valence-electron chi connectivity index (χ1n) is 7.21. The fraction of sp³-hybridized carbons (Fsp3) is 0.125. The molecule has 9 heteroatoms. The Morgan fingerprint density at radius 3 is 2.36 bits per heavy atom. The Balaban J connectivity index is 1.69. The molecule has 0 aliphatic carbocycles. The third-order valence-corrected chi connectivity index (χ3v) is 5.43. The summed E-state index contributed by atoms with van der Waals surface area (Å²) in [6.45, 7) is -0.406. The van der Waals surface area contributed by atoms with E-state index in [0.717, 1.165) is 11.0 Å². The molecule has 0 atom stereocenters. The molecule has 0 fully saturated rings. The molecule has 0 spiro atoms. The molecule has 3 rings (SSSR count). The lowest BCUT2D eigenvalue weighted by Crippen LogP contribution is -2.38. The number of benzene rings is 2. The number of carbonyl (C=O) groups excluding carboxylic acids is 2. The van der Waals surface area contributed by atoms with Gasteiger partial charge < -0.3 is 0 Å². The minimum absolute atomic E-state index is 0.00491. The summed E-state index contributed by atoms with van der Waals surface area (Å²) in [5.41, 5.74) is -0.307. The summed E-state index contributed by atoms with van der Waals surface area (Å²) in [7, 11) is -3.81. The normalized spacial score (nSPS) is 14.1. The van der Waals surface area contributed by atoms with Crippen molar-refractivity contribution in [1.82, 2.24) is 9.62 Å². The van der Waals surface area contributed by atoms with E-state index >= 15 is 0 Å². The molecule has 130 valence electrons. The van der Waals surface area contributed by atoms with Crippen molar-refractivity contribution >= 4 is 33.4 Å². The van der Waals surface area contributed by atoms with E-state index < -0.39 is 27.7 Å². The van der Waals surface area contributed by atoms with E-state index in [0.29, 0.717) is 5.02 Å². The van der Waals surface area contributed by atoms with E-state index in [1.807, 2.05) is 0 Å². The van der Waals surface area contributed by atoms with E-state index in [9.17, 15) is 22.4 Å². The van der Waals surface area contributed by atoms with Crippen LogP contribution in [0, 0.1) is 5.82 Å². The Kier molecular flexibility index (Phi) is 4.59. The largest absolute Gasteiger partial charge is 0.273 e. The molecule has 0 saturated heterocycles. The van der Waals surface area contributed by atoms with Gasteiger partial charge in [-0.15, -0.1) is 0 Å². The van der Waals surface area contributed by atoms with Crippen LogP contribution in [0.2, 0.25) is 5.02 Å². The van der Waals surface area contributed by atoms with E-state index in [2.05, 4.69) is 4.72 Å². The van der Waals surface area contributed by atoms with Crippen LogP contribution < -0.4 is 4.72 Å². The van der Waals surface area contributed by atoms with Crippen molar-refractivity contribution in [3.8, 4) is 0 Å². The maximum atomic E-state index is 13.7. The van der Waals surface area contributed by atoms with Crippen molar-refractivity contribution in [3.63, 3.8) is 0 Å². The van der Waals surface area contributed by atoms with E-state index in [1.165, 1.54) is 36.4 Å². The molecule has 25 heavy (non-hydrogen) atoms. The molecule has 1 aliphatic rings. The highest BCUT2D eigenvalue weighted by Gasteiger charge is 2.37. The lowest BCUT2D eigenvalue weighted by atomic mass is 10.1. The smallest absolute Gasteiger partial charge is 0.264 e. The van der Waals surface area contributed by atoms with Crippen LogP contribution in [-0.2, 0) is 10.0 Å². The molecule has 0 radical (unpaired) electrons. The standard InChI is InChI=1S/C16H12ClFN2O4S/c17-10-4-6-11(7-5-10)25(23,24)19-8-9-20-15(21)12-2-1-3-13(18)14(12)16(20)22/h1-7,19H,8-9H2. The van der Waals surface area contributed by atoms with Gasteiger partial charge in [0, 0.05) is 18.1 Å². The number of hydrogen-bond acceptors (Lipinski definition) is 4. The zero-order valence-electron chi connectivity index (χ0n) is 12.7. The fourth-order valence-corrected chi connectivity index (χ4v) is 3.63. The minimum atomic E-state index is -3.81.